The third-order valence-corrected chi connectivity index (χ3v) is 5.70. The largest absolute Gasteiger partial charge is 0.397 e. The molecule has 2 heterocycles. The van der Waals surface area contributed by atoms with Crippen molar-refractivity contribution < 1.29 is 4.79 Å². The van der Waals surface area contributed by atoms with Gasteiger partial charge in [0.15, 0.2) is 0 Å². The molecule has 102 valence electrons. The van der Waals surface area contributed by atoms with Gasteiger partial charge in [0, 0.05) is 15.0 Å². The minimum atomic E-state index is -0.117. The fourth-order valence-corrected chi connectivity index (χ4v) is 4.39. The highest BCUT2D eigenvalue weighted by atomic mass is 79.9. The number of hydrogen-bond donors (Lipinski definition) is 2. The van der Waals surface area contributed by atoms with Crippen LogP contribution in [0.3, 0.4) is 0 Å². The highest BCUT2D eigenvalue weighted by molar-refractivity contribution is 9.11. The zero-order valence-corrected chi connectivity index (χ0v) is 13.6. The molecule has 1 aromatic carbocycles. The molecule has 0 aliphatic carbocycles. The Hall–Kier alpha value is -1.37. The van der Waals surface area contributed by atoms with Crippen LogP contribution < -0.4 is 11.1 Å². The Morgan fingerprint density at radius 3 is 2.70 bits per heavy atom. The maximum Gasteiger partial charge on any atom is 0.263 e. The van der Waals surface area contributed by atoms with Gasteiger partial charge in [-0.2, -0.15) is 0 Å². The zero-order valence-electron chi connectivity index (χ0n) is 10.4. The molecule has 0 aliphatic heterocycles. The molecule has 20 heavy (non-hydrogen) atoms. The Morgan fingerprint density at radius 1 is 1.20 bits per heavy atom. The van der Waals surface area contributed by atoms with Crippen LogP contribution in [0.1, 0.15) is 14.5 Å². The Morgan fingerprint density at radius 2 is 2.00 bits per heavy atom. The molecule has 2 aromatic heterocycles. The lowest BCUT2D eigenvalue weighted by molar-refractivity contribution is 0.0956. The number of fused-ring (bicyclic) bond motifs is 1. The zero-order chi connectivity index (χ0) is 14.1. The summed E-state index contributed by atoms with van der Waals surface area (Å²) in [6, 6.07) is 11.8. The molecule has 3 rings (SSSR count). The van der Waals surface area contributed by atoms with Gasteiger partial charge in [-0.3, -0.25) is 4.79 Å². The molecule has 0 unspecified atom stereocenters. The highest BCUT2D eigenvalue weighted by Gasteiger charge is 2.15. The van der Waals surface area contributed by atoms with Gasteiger partial charge in [-0.05, 0) is 34.1 Å². The van der Waals surface area contributed by atoms with Gasteiger partial charge in [0.2, 0.25) is 0 Å². The van der Waals surface area contributed by atoms with E-state index in [2.05, 4.69) is 21.2 Å². The smallest absolute Gasteiger partial charge is 0.263 e. The van der Waals surface area contributed by atoms with Crippen LogP contribution in [-0.2, 0) is 6.54 Å². The Bertz CT molecular complexity index is 778. The van der Waals surface area contributed by atoms with Crippen LogP contribution in [0.5, 0.6) is 0 Å². The van der Waals surface area contributed by atoms with E-state index in [0.29, 0.717) is 17.1 Å². The molecule has 0 saturated carbocycles. The molecular formula is C14H11BrN2OS2. The molecular weight excluding hydrogens is 356 g/mol. The summed E-state index contributed by atoms with van der Waals surface area (Å²) >= 11 is 6.44. The van der Waals surface area contributed by atoms with Gasteiger partial charge in [-0.1, -0.05) is 18.2 Å². The van der Waals surface area contributed by atoms with Crippen molar-refractivity contribution >= 4 is 60.3 Å². The maximum absolute atomic E-state index is 12.2. The number of thiophene rings is 2. The number of nitrogen functional groups attached to an aromatic ring is 1. The van der Waals surface area contributed by atoms with Gasteiger partial charge < -0.3 is 11.1 Å². The quantitative estimate of drug-likeness (QED) is 0.728. The summed E-state index contributed by atoms with van der Waals surface area (Å²) in [5, 5.41) is 3.86. The van der Waals surface area contributed by atoms with Crippen LogP contribution in [0.25, 0.3) is 10.1 Å². The third kappa shape index (κ3) is 2.59. The number of benzene rings is 1. The molecule has 1 amide bonds. The van der Waals surface area contributed by atoms with Crippen molar-refractivity contribution in [1.29, 1.82) is 0 Å². The van der Waals surface area contributed by atoms with E-state index in [4.69, 9.17) is 5.73 Å². The van der Waals surface area contributed by atoms with Crippen LogP contribution >= 0.6 is 38.6 Å². The van der Waals surface area contributed by atoms with Crippen LogP contribution in [0.2, 0.25) is 0 Å². The molecule has 3 nitrogen and oxygen atoms in total. The van der Waals surface area contributed by atoms with Crippen LogP contribution in [0.15, 0.2) is 40.2 Å². The van der Waals surface area contributed by atoms with Gasteiger partial charge >= 0.3 is 0 Å². The second-order valence-electron chi connectivity index (χ2n) is 4.23. The van der Waals surface area contributed by atoms with Gasteiger partial charge in [0.05, 0.1) is 16.0 Å². The van der Waals surface area contributed by atoms with Crippen LogP contribution in [0, 0.1) is 0 Å². The molecule has 6 heteroatoms. The normalized spacial score (nSPS) is 10.8. The fourth-order valence-electron chi connectivity index (χ4n) is 1.93. The SMILES string of the molecule is Nc1c(C(=O)NCc2ccc(Br)s2)sc2ccccc12. The van der Waals surface area contributed by atoms with E-state index < -0.39 is 0 Å². The second kappa shape index (κ2) is 5.55. The van der Waals surface area contributed by atoms with E-state index >= 15 is 0 Å². The number of rotatable bonds is 3. The van der Waals surface area contributed by atoms with E-state index in [1.807, 2.05) is 36.4 Å². The third-order valence-electron chi connectivity index (χ3n) is 2.89. The summed E-state index contributed by atoms with van der Waals surface area (Å²) in [6.45, 7) is 0.517. The predicted octanol–water partition coefficient (Wildman–Crippen LogP) is 4.24. The first-order chi connectivity index (χ1) is 9.65. The van der Waals surface area contributed by atoms with Crippen molar-refractivity contribution in [3.05, 3.63) is 49.9 Å². The number of halogens is 1. The lowest BCUT2D eigenvalue weighted by atomic mass is 10.2. The lowest BCUT2D eigenvalue weighted by Gasteiger charge is -2.02. The summed E-state index contributed by atoms with van der Waals surface area (Å²) < 4.78 is 2.09. The average molecular weight is 367 g/mol. The summed E-state index contributed by atoms with van der Waals surface area (Å²) in [4.78, 5) is 13.9. The Balaban J connectivity index is 1.80. The first-order valence-corrected chi connectivity index (χ1v) is 8.37. The van der Waals surface area contributed by atoms with E-state index in [0.717, 1.165) is 18.7 Å². The first-order valence-electron chi connectivity index (χ1n) is 5.94. The number of carbonyl (C=O) groups is 1. The minimum absolute atomic E-state index is 0.117. The van der Waals surface area contributed by atoms with E-state index in [-0.39, 0.29) is 5.91 Å². The topological polar surface area (TPSA) is 55.1 Å². The molecule has 3 N–H and O–H groups in total. The van der Waals surface area contributed by atoms with Crippen molar-refractivity contribution in [3.8, 4) is 0 Å². The molecule has 0 spiro atoms. The van der Waals surface area contributed by atoms with Crippen LogP contribution in [0.4, 0.5) is 5.69 Å². The highest BCUT2D eigenvalue weighted by Crippen LogP contribution is 2.33. The molecule has 0 atom stereocenters. The second-order valence-corrected chi connectivity index (χ2v) is 7.83. The molecule has 0 saturated heterocycles. The number of amides is 1. The molecule has 0 bridgehead atoms. The first kappa shape index (κ1) is 13.6. The van der Waals surface area contributed by atoms with Crippen molar-refractivity contribution in [1.82, 2.24) is 5.32 Å². The molecule has 3 aromatic rings. The van der Waals surface area contributed by atoms with E-state index in [1.54, 1.807) is 11.3 Å². The standard InChI is InChI=1S/C14H11BrN2OS2/c15-11-6-5-8(19-11)7-17-14(18)13-12(16)9-3-1-2-4-10(9)20-13/h1-6H,7,16H2,(H,17,18). The maximum atomic E-state index is 12.2. The Labute approximate surface area is 132 Å². The van der Waals surface area contributed by atoms with Crippen molar-refractivity contribution in [2.75, 3.05) is 5.73 Å². The number of hydrogen-bond acceptors (Lipinski definition) is 4. The summed E-state index contributed by atoms with van der Waals surface area (Å²) in [5.41, 5.74) is 6.62. The monoisotopic (exact) mass is 366 g/mol. The summed E-state index contributed by atoms with van der Waals surface area (Å²) in [6.07, 6.45) is 0. The number of carbonyl (C=O) groups excluding carboxylic acids is 1. The molecule has 0 fully saturated rings. The van der Waals surface area contributed by atoms with Gasteiger partial charge in [-0.25, -0.2) is 0 Å². The van der Waals surface area contributed by atoms with Crippen molar-refractivity contribution in [2.45, 2.75) is 6.54 Å². The molecule has 0 aliphatic rings. The lowest BCUT2D eigenvalue weighted by Crippen LogP contribution is -2.22. The number of nitrogens with two attached hydrogens (primary N) is 1. The predicted molar refractivity (Wildman–Crippen MR) is 89.4 cm³/mol. The minimum Gasteiger partial charge on any atom is -0.397 e. The average Bonchev–Trinajstić information content (AvgIpc) is 3.01. The van der Waals surface area contributed by atoms with Crippen LogP contribution in [-0.4, -0.2) is 5.91 Å². The van der Waals surface area contributed by atoms with Crippen molar-refractivity contribution in [2.24, 2.45) is 0 Å². The van der Waals surface area contributed by atoms with Crippen molar-refractivity contribution in [3.63, 3.8) is 0 Å². The van der Waals surface area contributed by atoms with E-state index in [1.165, 1.54) is 11.3 Å². The van der Waals surface area contributed by atoms with Gasteiger partial charge in [-0.15, -0.1) is 22.7 Å². The van der Waals surface area contributed by atoms with E-state index in [9.17, 15) is 4.79 Å². The number of anilines is 1. The Kier molecular flexibility index (Phi) is 3.78. The summed E-state index contributed by atoms with van der Waals surface area (Å²) in [5.74, 6) is -0.117. The number of nitrogens with one attached hydrogen (secondary N) is 1. The van der Waals surface area contributed by atoms with Gasteiger partial charge in [0.1, 0.15) is 4.88 Å². The molecule has 0 radical (unpaired) electrons. The fraction of sp³-hybridized carbons (Fsp3) is 0.0714. The summed E-state index contributed by atoms with van der Waals surface area (Å²) in [7, 11) is 0. The van der Waals surface area contributed by atoms with Gasteiger partial charge in [0.25, 0.3) is 5.91 Å².